The maximum absolute atomic E-state index is 11.2. The van der Waals surface area contributed by atoms with E-state index in [0.717, 1.165) is 5.56 Å². The number of hydrogen-bond acceptors (Lipinski definition) is 2. The van der Waals surface area contributed by atoms with Crippen molar-refractivity contribution in [2.75, 3.05) is 6.54 Å². The number of nitrogens with zero attached hydrogens (tertiary/aromatic N) is 1. The lowest BCUT2D eigenvalue weighted by Gasteiger charge is -2.35. The lowest BCUT2D eigenvalue weighted by molar-refractivity contribution is 0.0960. The molecule has 1 amide bonds. The van der Waals surface area contributed by atoms with Crippen LogP contribution >= 0.6 is 11.6 Å². The summed E-state index contributed by atoms with van der Waals surface area (Å²) in [5, 5.41) is 9.88. The van der Waals surface area contributed by atoms with E-state index in [1.54, 1.807) is 6.07 Å². The molecule has 1 atom stereocenters. The zero-order valence-electron chi connectivity index (χ0n) is 11.6. The monoisotopic (exact) mass is 284 g/mol. The molecule has 106 valence electrons. The van der Waals surface area contributed by atoms with Gasteiger partial charge in [0, 0.05) is 23.1 Å². The average molecular weight is 285 g/mol. The van der Waals surface area contributed by atoms with Crippen LogP contribution in [0.2, 0.25) is 5.02 Å². The van der Waals surface area contributed by atoms with Crippen LogP contribution in [0.3, 0.4) is 0 Å². The molecule has 0 radical (unpaired) electrons. The highest BCUT2D eigenvalue weighted by molar-refractivity contribution is 6.30. The molecule has 19 heavy (non-hydrogen) atoms. The quantitative estimate of drug-likeness (QED) is 0.893. The van der Waals surface area contributed by atoms with Gasteiger partial charge in [-0.3, -0.25) is 0 Å². The van der Waals surface area contributed by atoms with Crippen molar-refractivity contribution in [3.8, 4) is 0 Å². The summed E-state index contributed by atoms with van der Waals surface area (Å²) in [6, 6.07) is 7.20. The summed E-state index contributed by atoms with van der Waals surface area (Å²) in [5.41, 5.74) is 6.60. The largest absolute Gasteiger partial charge is 0.465 e. The van der Waals surface area contributed by atoms with Crippen molar-refractivity contribution < 1.29 is 9.90 Å². The van der Waals surface area contributed by atoms with Crippen molar-refractivity contribution in [3.05, 3.63) is 34.9 Å². The summed E-state index contributed by atoms with van der Waals surface area (Å²) in [7, 11) is 0. The Morgan fingerprint density at radius 2 is 2.11 bits per heavy atom. The van der Waals surface area contributed by atoms with E-state index in [1.807, 2.05) is 39.0 Å². The van der Waals surface area contributed by atoms with Crippen molar-refractivity contribution in [3.63, 3.8) is 0 Å². The molecule has 1 rings (SSSR count). The van der Waals surface area contributed by atoms with Gasteiger partial charge in [0.1, 0.15) is 0 Å². The van der Waals surface area contributed by atoms with E-state index < -0.39 is 11.6 Å². The Morgan fingerprint density at radius 1 is 1.47 bits per heavy atom. The Balaban J connectivity index is 2.68. The van der Waals surface area contributed by atoms with Gasteiger partial charge in [0.05, 0.1) is 0 Å². The van der Waals surface area contributed by atoms with Crippen molar-refractivity contribution in [2.45, 2.75) is 38.8 Å². The second kappa shape index (κ2) is 6.26. The summed E-state index contributed by atoms with van der Waals surface area (Å²) in [5.74, 6) is 0. The van der Waals surface area contributed by atoms with E-state index in [2.05, 4.69) is 0 Å². The summed E-state index contributed by atoms with van der Waals surface area (Å²) < 4.78 is 0. The molecule has 0 saturated carbocycles. The fourth-order valence-electron chi connectivity index (χ4n) is 1.90. The van der Waals surface area contributed by atoms with Gasteiger partial charge < -0.3 is 15.7 Å². The van der Waals surface area contributed by atoms with Gasteiger partial charge in [-0.05, 0) is 44.9 Å². The lowest BCUT2D eigenvalue weighted by Crippen LogP contribution is -2.50. The Morgan fingerprint density at radius 3 is 2.58 bits per heavy atom. The highest BCUT2D eigenvalue weighted by atomic mass is 35.5. The van der Waals surface area contributed by atoms with Gasteiger partial charge in [-0.15, -0.1) is 0 Å². The maximum atomic E-state index is 11.2. The second-order valence-corrected chi connectivity index (χ2v) is 6.09. The Labute approximate surface area is 119 Å². The minimum atomic E-state index is -0.950. The topological polar surface area (TPSA) is 66.6 Å². The molecule has 5 heteroatoms. The van der Waals surface area contributed by atoms with Gasteiger partial charge in [0.15, 0.2) is 0 Å². The third-order valence-electron chi connectivity index (χ3n) is 2.84. The maximum Gasteiger partial charge on any atom is 0.407 e. The molecule has 0 spiro atoms. The molecule has 3 N–H and O–H groups in total. The number of nitrogens with two attached hydrogens (primary N) is 1. The Hall–Kier alpha value is -1.26. The third kappa shape index (κ3) is 5.09. The van der Waals surface area contributed by atoms with Gasteiger partial charge >= 0.3 is 6.09 Å². The van der Waals surface area contributed by atoms with Crippen molar-refractivity contribution in [2.24, 2.45) is 5.73 Å². The number of hydrogen-bond donors (Lipinski definition) is 2. The number of carbonyl (C=O) groups is 1. The van der Waals surface area contributed by atoms with Gasteiger partial charge in [0.2, 0.25) is 0 Å². The number of amides is 1. The number of halogens is 1. The minimum absolute atomic E-state index is 0.256. The van der Waals surface area contributed by atoms with E-state index in [1.165, 1.54) is 4.90 Å². The normalized spacial score (nSPS) is 13.1. The Bertz CT molecular complexity index is 443. The van der Waals surface area contributed by atoms with Crippen LogP contribution in [0.25, 0.3) is 0 Å². The van der Waals surface area contributed by atoms with Crippen LogP contribution in [-0.4, -0.2) is 34.2 Å². The van der Waals surface area contributed by atoms with Crippen LogP contribution in [0.15, 0.2) is 24.3 Å². The molecule has 1 aromatic carbocycles. The van der Waals surface area contributed by atoms with Crippen molar-refractivity contribution in [1.29, 1.82) is 0 Å². The number of benzene rings is 1. The zero-order chi connectivity index (χ0) is 14.6. The molecule has 0 saturated heterocycles. The average Bonchev–Trinajstić information content (AvgIpc) is 2.24. The second-order valence-electron chi connectivity index (χ2n) is 5.66. The molecular formula is C14H21ClN2O2. The van der Waals surface area contributed by atoms with Gasteiger partial charge in [-0.25, -0.2) is 4.79 Å². The summed E-state index contributed by atoms with van der Waals surface area (Å²) >= 11 is 5.91. The summed E-state index contributed by atoms with van der Waals surface area (Å²) in [6.07, 6.45) is -0.352. The standard InChI is InChI=1S/C14H21ClN2O2/c1-14(2,3)17(13(18)19)9-12(16)8-10-5-4-6-11(15)7-10/h4-7,12H,8-9,16H2,1-3H3,(H,18,19)/t12-/m1/s1. The smallest absolute Gasteiger partial charge is 0.407 e. The van der Waals surface area contributed by atoms with Crippen LogP contribution in [0.5, 0.6) is 0 Å². The Kier molecular flexibility index (Phi) is 5.20. The molecule has 0 fully saturated rings. The first-order chi connectivity index (χ1) is 8.70. The van der Waals surface area contributed by atoms with Gasteiger partial charge in [-0.1, -0.05) is 23.7 Å². The van der Waals surface area contributed by atoms with Gasteiger partial charge in [0.25, 0.3) is 0 Å². The number of rotatable bonds is 4. The van der Waals surface area contributed by atoms with E-state index >= 15 is 0 Å². The van der Waals surface area contributed by atoms with Crippen LogP contribution < -0.4 is 5.73 Å². The van der Waals surface area contributed by atoms with Crippen molar-refractivity contribution in [1.82, 2.24) is 4.90 Å². The molecule has 0 aliphatic carbocycles. The van der Waals surface area contributed by atoms with Crippen LogP contribution in [0, 0.1) is 0 Å². The fraction of sp³-hybridized carbons (Fsp3) is 0.500. The van der Waals surface area contributed by atoms with Gasteiger partial charge in [-0.2, -0.15) is 0 Å². The molecule has 0 aliphatic rings. The lowest BCUT2D eigenvalue weighted by atomic mass is 10.0. The first-order valence-electron chi connectivity index (χ1n) is 6.20. The fourth-order valence-corrected chi connectivity index (χ4v) is 2.12. The summed E-state index contributed by atoms with van der Waals surface area (Å²) in [4.78, 5) is 12.6. The van der Waals surface area contributed by atoms with E-state index in [9.17, 15) is 9.90 Å². The van der Waals surface area contributed by atoms with E-state index in [-0.39, 0.29) is 6.04 Å². The summed E-state index contributed by atoms with van der Waals surface area (Å²) in [6.45, 7) is 5.86. The van der Waals surface area contributed by atoms with Crippen molar-refractivity contribution >= 4 is 17.7 Å². The molecule has 0 aliphatic heterocycles. The van der Waals surface area contributed by atoms with E-state index in [4.69, 9.17) is 17.3 Å². The predicted molar refractivity (Wildman–Crippen MR) is 77.6 cm³/mol. The molecule has 4 nitrogen and oxygen atoms in total. The highest BCUT2D eigenvalue weighted by Crippen LogP contribution is 2.16. The molecule has 0 aromatic heterocycles. The SMILES string of the molecule is CC(C)(C)N(C[C@H](N)Cc1cccc(Cl)c1)C(=O)O. The molecule has 0 heterocycles. The highest BCUT2D eigenvalue weighted by Gasteiger charge is 2.27. The minimum Gasteiger partial charge on any atom is -0.465 e. The first kappa shape index (κ1) is 15.8. The van der Waals surface area contributed by atoms with Crippen LogP contribution in [0.4, 0.5) is 4.79 Å². The molecule has 0 bridgehead atoms. The number of carboxylic acid groups (broad SMARTS) is 1. The van der Waals surface area contributed by atoms with E-state index in [0.29, 0.717) is 18.0 Å². The zero-order valence-corrected chi connectivity index (χ0v) is 12.3. The third-order valence-corrected chi connectivity index (χ3v) is 3.08. The van der Waals surface area contributed by atoms with Crippen LogP contribution in [0.1, 0.15) is 26.3 Å². The molecular weight excluding hydrogens is 264 g/mol. The van der Waals surface area contributed by atoms with Crippen LogP contribution in [-0.2, 0) is 6.42 Å². The molecule has 0 unspecified atom stereocenters. The first-order valence-corrected chi connectivity index (χ1v) is 6.58. The predicted octanol–water partition coefficient (Wildman–Crippen LogP) is 2.99. The molecule has 1 aromatic rings.